The number of aliphatic hydroxyl groups excluding tert-OH is 3. The quantitative estimate of drug-likeness (QED) is 0.687. The summed E-state index contributed by atoms with van der Waals surface area (Å²) in [4.78, 5) is 0. The van der Waals surface area contributed by atoms with Crippen molar-refractivity contribution < 1.29 is 29.5 Å². The van der Waals surface area contributed by atoms with E-state index in [4.69, 9.17) is 14.2 Å². The van der Waals surface area contributed by atoms with Gasteiger partial charge in [0.1, 0.15) is 24.4 Å². The summed E-state index contributed by atoms with van der Waals surface area (Å²) < 4.78 is 16.2. The molecule has 1 aromatic rings. The van der Waals surface area contributed by atoms with Crippen molar-refractivity contribution in [3.8, 4) is 0 Å². The van der Waals surface area contributed by atoms with Gasteiger partial charge >= 0.3 is 0 Å². The molecule has 0 unspecified atom stereocenters. The average molecular weight is 298 g/mol. The Morgan fingerprint density at radius 1 is 1.10 bits per heavy atom. The molecule has 0 radical (unpaired) electrons. The fraction of sp³-hybridized carbons (Fsp3) is 0.600. The summed E-state index contributed by atoms with van der Waals surface area (Å²) in [6.45, 7) is 2.00. The zero-order chi connectivity index (χ0) is 15.2. The highest BCUT2D eigenvalue weighted by atomic mass is 16.7. The van der Waals surface area contributed by atoms with Crippen LogP contribution in [0.25, 0.3) is 0 Å². The number of hydrogen-bond donors (Lipinski definition) is 3. The number of benzene rings is 1. The molecule has 1 saturated heterocycles. The standard InChI is InChI=1S/C15H22O6/c1-2-19-15-13(18)14(12(17)11(8-16)21-15)20-9-10-6-4-3-5-7-10/h3-7,11-18H,2,8-9H2,1H3/t11-,12-,13-,14+,15+/m1/s1. The third-order valence-electron chi connectivity index (χ3n) is 3.44. The van der Waals surface area contributed by atoms with Crippen LogP contribution < -0.4 is 0 Å². The molecule has 5 atom stereocenters. The van der Waals surface area contributed by atoms with E-state index in [2.05, 4.69) is 0 Å². The van der Waals surface area contributed by atoms with E-state index in [-0.39, 0.29) is 13.2 Å². The van der Waals surface area contributed by atoms with Crippen LogP contribution in [0.5, 0.6) is 0 Å². The van der Waals surface area contributed by atoms with Crippen molar-refractivity contribution in [2.24, 2.45) is 0 Å². The Labute approximate surface area is 123 Å². The fourth-order valence-corrected chi connectivity index (χ4v) is 2.32. The molecule has 6 heteroatoms. The van der Waals surface area contributed by atoms with Crippen LogP contribution in [0, 0.1) is 0 Å². The monoisotopic (exact) mass is 298 g/mol. The maximum absolute atomic E-state index is 10.2. The van der Waals surface area contributed by atoms with E-state index in [9.17, 15) is 15.3 Å². The zero-order valence-corrected chi connectivity index (χ0v) is 12.0. The summed E-state index contributed by atoms with van der Waals surface area (Å²) in [6.07, 6.45) is -4.88. The van der Waals surface area contributed by atoms with Crippen LogP contribution in [0.4, 0.5) is 0 Å². The number of hydrogen-bond acceptors (Lipinski definition) is 6. The van der Waals surface area contributed by atoms with E-state index in [1.807, 2.05) is 30.3 Å². The molecule has 1 heterocycles. The van der Waals surface area contributed by atoms with Gasteiger partial charge in [-0.15, -0.1) is 0 Å². The van der Waals surface area contributed by atoms with E-state index in [1.165, 1.54) is 0 Å². The molecule has 0 spiro atoms. The van der Waals surface area contributed by atoms with Gasteiger partial charge in [0, 0.05) is 6.61 Å². The van der Waals surface area contributed by atoms with Gasteiger partial charge in [-0.3, -0.25) is 0 Å². The molecular formula is C15H22O6. The van der Waals surface area contributed by atoms with Crippen LogP contribution in [0.1, 0.15) is 12.5 Å². The summed E-state index contributed by atoms with van der Waals surface area (Å²) in [5, 5.41) is 29.6. The Morgan fingerprint density at radius 2 is 1.81 bits per heavy atom. The van der Waals surface area contributed by atoms with Crippen molar-refractivity contribution in [3.05, 3.63) is 35.9 Å². The molecule has 1 fully saturated rings. The van der Waals surface area contributed by atoms with Gasteiger partial charge < -0.3 is 29.5 Å². The predicted molar refractivity (Wildman–Crippen MR) is 74.4 cm³/mol. The largest absolute Gasteiger partial charge is 0.394 e. The van der Waals surface area contributed by atoms with Crippen molar-refractivity contribution in [3.63, 3.8) is 0 Å². The first-order valence-corrected chi connectivity index (χ1v) is 7.07. The first-order valence-electron chi connectivity index (χ1n) is 7.07. The SMILES string of the molecule is CCO[C@H]1O[C@H](CO)[C@@H](O)[C@H](OCc2ccccc2)[C@H]1O. The summed E-state index contributed by atoms with van der Waals surface area (Å²) >= 11 is 0. The normalized spacial score (nSPS) is 33.0. The molecule has 3 N–H and O–H groups in total. The average Bonchev–Trinajstić information content (AvgIpc) is 2.51. The second-order valence-electron chi connectivity index (χ2n) is 4.92. The minimum absolute atomic E-state index is 0.247. The second-order valence-corrected chi connectivity index (χ2v) is 4.92. The minimum Gasteiger partial charge on any atom is -0.394 e. The Bertz CT molecular complexity index is 412. The molecule has 6 nitrogen and oxygen atoms in total. The molecule has 1 aromatic carbocycles. The molecule has 0 aliphatic carbocycles. The van der Waals surface area contributed by atoms with Gasteiger partial charge in [0.2, 0.25) is 0 Å². The lowest BCUT2D eigenvalue weighted by molar-refractivity contribution is -0.308. The summed E-state index contributed by atoms with van der Waals surface area (Å²) in [7, 11) is 0. The van der Waals surface area contributed by atoms with Crippen LogP contribution in [0.2, 0.25) is 0 Å². The molecule has 118 valence electrons. The van der Waals surface area contributed by atoms with Crippen LogP contribution in [-0.4, -0.2) is 59.2 Å². The molecule has 0 saturated carbocycles. The predicted octanol–water partition coefficient (Wildman–Crippen LogP) is 0.0473. The summed E-state index contributed by atoms with van der Waals surface area (Å²) in [6, 6.07) is 9.45. The Hall–Kier alpha value is -1.02. The van der Waals surface area contributed by atoms with Crippen LogP contribution >= 0.6 is 0 Å². The third-order valence-corrected chi connectivity index (χ3v) is 3.44. The van der Waals surface area contributed by atoms with Crippen molar-refractivity contribution in [2.75, 3.05) is 13.2 Å². The molecule has 2 rings (SSSR count). The number of rotatable bonds is 6. The van der Waals surface area contributed by atoms with Gasteiger partial charge in [0.05, 0.1) is 13.2 Å². The number of aliphatic hydroxyl groups is 3. The van der Waals surface area contributed by atoms with E-state index in [1.54, 1.807) is 6.92 Å². The Morgan fingerprint density at radius 3 is 2.43 bits per heavy atom. The van der Waals surface area contributed by atoms with Gasteiger partial charge in [-0.05, 0) is 12.5 Å². The third kappa shape index (κ3) is 4.00. The van der Waals surface area contributed by atoms with Gasteiger partial charge in [-0.25, -0.2) is 0 Å². The van der Waals surface area contributed by atoms with Crippen molar-refractivity contribution in [1.29, 1.82) is 0 Å². The first kappa shape index (κ1) is 16.4. The van der Waals surface area contributed by atoms with E-state index in [0.29, 0.717) is 6.61 Å². The van der Waals surface area contributed by atoms with Gasteiger partial charge in [-0.1, -0.05) is 30.3 Å². The highest BCUT2D eigenvalue weighted by Gasteiger charge is 2.45. The lowest BCUT2D eigenvalue weighted by atomic mass is 9.99. The molecule has 0 amide bonds. The van der Waals surface area contributed by atoms with E-state index in [0.717, 1.165) is 5.56 Å². The molecule has 21 heavy (non-hydrogen) atoms. The lowest BCUT2D eigenvalue weighted by Gasteiger charge is -2.41. The topological polar surface area (TPSA) is 88.4 Å². The van der Waals surface area contributed by atoms with Gasteiger partial charge in [-0.2, -0.15) is 0 Å². The molecule has 1 aliphatic heterocycles. The van der Waals surface area contributed by atoms with Crippen molar-refractivity contribution >= 4 is 0 Å². The highest BCUT2D eigenvalue weighted by molar-refractivity contribution is 5.13. The first-order chi connectivity index (χ1) is 10.2. The van der Waals surface area contributed by atoms with Crippen LogP contribution in [0.3, 0.4) is 0 Å². The lowest BCUT2D eigenvalue weighted by Crippen LogP contribution is -2.60. The summed E-state index contributed by atoms with van der Waals surface area (Å²) in [5.41, 5.74) is 0.928. The fourth-order valence-electron chi connectivity index (χ4n) is 2.32. The second kappa shape index (κ2) is 7.84. The van der Waals surface area contributed by atoms with E-state index < -0.39 is 30.7 Å². The van der Waals surface area contributed by atoms with Crippen molar-refractivity contribution in [2.45, 2.75) is 44.2 Å². The van der Waals surface area contributed by atoms with Crippen LogP contribution in [0.15, 0.2) is 30.3 Å². The van der Waals surface area contributed by atoms with Crippen LogP contribution in [-0.2, 0) is 20.8 Å². The molecular weight excluding hydrogens is 276 g/mol. The molecule has 0 aromatic heterocycles. The molecule has 0 bridgehead atoms. The zero-order valence-electron chi connectivity index (χ0n) is 12.0. The van der Waals surface area contributed by atoms with Gasteiger partial charge in [0.25, 0.3) is 0 Å². The Balaban J connectivity index is 2.03. The van der Waals surface area contributed by atoms with Gasteiger partial charge in [0.15, 0.2) is 6.29 Å². The number of ether oxygens (including phenoxy) is 3. The van der Waals surface area contributed by atoms with Crippen molar-refractivity contribution in [1.82, 2.24) is 0 Å². The summed E-state index contributed by atoms with van der Waals surface area (Å²) in [5.74, 6) is 0. The molecule has 1 aliphatic rings. The maximum Gasteiger partial charge on any atom is 0.186 e. The Kier molecular flexibility index (Phi) is 6.10. The van der Waals surface area contributed by atoms with E-state index >= 15 is 0 Å². The smallest absolute Gasteiger partial charge is 0.186 e. The highest BCUT2D eigenvalue weighted by Crippen LogP contribution is 2.25. The minimum atomic E-state index is -1.12. The maximum atomic E-state index is 10.2.